The molecule has 3 nitrogen and oxygen atoms in total. The SMILES string of the molecule is CN(CC1OCCc2ccccc21)C1CC2CCC(C1)N2. The van der Waals surface area contributed by atoms with Crippen molar-refractivity contribution >= 4 is 0 Å². The highest BCUT2D eigenvalue weighted by Gasteiger charge is 2.36. The van der Waals surface area contributed by atoms with Crippen molar-refractivity contribution in [1.82, 2.24) is 10.2 Å². The number of benzene rings is 1. The van der Waals surface area contributed by atoms with Crippen molar-refractivity contribution in [2.24, 2.45) is 0 Å². The number of likely N-dealkylation sites (N-methyl/N-ethyl adjacent to an activating group) is 1. The topological polar surface area (TPSA) is 24.5 Å². The van der Waals surface area contributed by atoms with E-state index >= 15 is 0 Å². The van der Waals surface area contributed by atoms with Gasteiger partial charge >= 0.3 is 0 Å². The third-order valence-electron chi connectivity index (χ3n) is 5.62. The summed E-state index contributed by atoms with van der Waals surface area (Å²) in [6.45, 7) is 1.90. The average Bonchev–Trinajstić information content (AvgIpc) is 2.86. The summed E-state index contributed by atoms with van der Waals surface area (Å²) in [5.74, 6) is 0. The number of piperidine rings is 1. The van der Waals surface area contributed by atoms with Gasteiger partial charge in [-0.25, -0.2) is 0 Å². The van der Waals surface area contributed by atoms with Crippen LogP contribution in [-0.4, -0.2) is 43.2 Å². The molecule has 3 heteroatoms. The van der Waals surface area contributed by atoms with E-state index < -0.39 is 0 Å². The molecule has 1 aromatic carbocycles. The molecule has 114 valence electrons. The van der Waals surface area contributed by atoms with E-state index in [1.54, 1.807) is 0 Å². The molecule has 4 rings (SSSR count). The second kappa shape index (κ2) is 5.71. The fourth-order valence-electron chi connectivity index (χ4n) is 4.43. The molecule has 3 unspecified atom stereocenters. The Morgan fingerprint density at radius 2 is 1.95 bits per heavy atom. The third-order valence-corrected chi connectivity index (χ3v) is 5.62. The number of hydrogen-bond acceptors (Lipinski definition) is 3. The van der Waals surface area contributed by atoms with E-state index in [4.69, 9.17) is 4.74 Å². The number of rotatable bonds is 3. The Kier molecular flexibility index (Phi) is 3.74. The van der Waals surface area contributed by atoms with Crippen molar-refractivity contribution in [2.45, 2.75) is 56.3 Å². The standard InChI is InChI=1S/C18H26N2O/c1-20(16-10-14-6-7-15(11-16)19-14)12-18-17-5-3-2-4-13(17)8-9-21-18/h2-5,14-16,18-19H,6-12H2,1H3. The molecule has 0 amide bonds. The van der Waals surface area contributed by atoms with Crippen LogP contribution >= 0.6 is 0 Å². The predicted octanol–water partition coefficient (Wildman–Crippen LogP) is 2.52. The number of ether oxygens (including phenoxy) is 1. The molecule has 1 aromatic rings. The van der Waals surface area contributed by atoms with Gasteiger partial charge in [-0.3, -0.25) is 0 Å². The minimum Gasteiger partial charge on any atom is -0.372 e. The fraction of sp³-hybridized carbons (Fsp3) is 0.667. The zero-order valence-corrected chi connectivity index (χ0v) is 12.9. The number of hydrogen-bond donors (Lipinski definition) is 1. The van der Waals surface area contributed by atoms with E-state index in [1.807, 2.05) is 0 Å². The highest BCUT2D eigenvalue weighted by Crippen LogP contribution is 2.32. The first kappa shape index (κ1) is 13.7. The molecule has 2 fully saturated rings. The molecule has 0 aromatic heterocycles. The van der Waals surface area contributed by atoms with E-state index in [9.17, 15) is 0 Å². The van der Waals surface area contributed by atoms with Gasteiger partial charge in [0.2, 0.25) is 0 Å². The molecule has 21 heavy (non-hydrogen) atoms. The van der Waals surface area contributed by atoms with Gasteiger partial charge in [-0.1, -0.05) is 24.3 Å². The van der Waals surface area contributed by atoms with Crippen LogP contribution < -0.4 is 5.32 Å². The van der Waals surface area contributed by atoms with Crippen LogP contribution in [0.3, 0.4) is 0 Å². The minimum absolute atomic E-state index is 0.257. The summed E-state index contributed by atoms with van der Waals surface area (Å²) in [4.78, 5) is 2.55. The normalized spacial score (nSPS) is 35.0. The first-order valence-corrected chi connectivity index (χ1v) is 8.45. The monoisotopic (exact) mass is 286 g/mol. The van der Waals surface area contributed by atoms with Crippen LogP contribution in [0.4, 0.5) is 0 Å². The predicted molar refractivity (Wildman–Crippen MR) is 84.4 cm³/mol. The van der Waals surface area contributed by atoms with Gasteiger partial charge < -0.3 is 15.0 Å². The van der Waals surface area contributed by atoms with Crippen LogP contribution in [0.5, 0.6) is 0 Å². The van der Waals surface area contributed by atoms with E-state index in [2.05, 4.69) is 41.5 Å². The highest BCUT2D eigenvalue weighted by atomic mass is 16.5. The molecular formula is C18H26N2O. The molecule has 3 aliphatic heterocycles. The summed E-state index contributed by atoms with van der Waals surface area (Å²) in [6.07, 6.45) is 6.68. The lowest BCUT2D eigenvalue weighted by Gasteiger charge is -2.38. The van der Waals surface area contributed by atoms with Gasteiger partial charge in [-0.05, 0) is 50.3 Å². The van der Waals surface area contributed by atoms with Gasteiger partial charge in [0.05, 0.1) is 12.7 Å². The van der Waals surface area contributed by atoms with E-state index in [1.165, 1.54) is 36.8 Å². The quantitative estimate of drug-likeness (QED) is 0.924. The Bertz CT molecular complexity index is 492. The lowest BCUT2D eigenvalue weighted by atomic mass is 9.95. The van der Waals surface area contributed by atoms with Crippen molar-refractivity contribution in [2.75, 3.05) is 20.2 Å². The van der Waals surface area contributed by atoms with Gasteiger partial charge in [0.15, 0.2) is 0 Å². The molecule has 0 saturated carbocycles. The molecule has 3 heterocycles. The second-order valence-electron chi connectivity index (χ2n) is 7.01. The lowest BCUT2D eigenvalue weighted by Crippen LogP contribution is -2.48. The largest absolute Gasteiger partial charge is 0.372 e. The maximum absolute atomic E-state index is 6.08. The summed E-state index contributed by atoms with van der Waals surface area (Å²) in [6, 6.07) is 11.0. The Morgan fingerprint density at radius 3 is 2.76 bits per heavy atom. The Labute approximate surface area is 127 Å². The molecule has 2 bridgehead atoms. The van der Waals surface area contributed by atoms with Crippen LogP contribution in [-0.2, 0) is 11.2 Å². The first-order chi connectivity index (χ1) is 10.3. The number of nitrogens with one attached hydrogen (secondary N) is 1. The minimum atomic E-state index is 0.257. The fourth-order valence-corrected chi connectivity index (χ4v) is 4.43. The van der Waals surface area contributed by atoms with E-state index in [0.29, 0.717) is 0 Å². The van der Waals surface area contributed by atoms with Crippen molar-refractivity contribution < 1.29 is 4.74 Å². The summed E-state index contributed by atoms with van der Waals surface area (Å²) >= 11 is 0. The Balaban J connectivity index is 1.44. The zero-order chi connectivity index (χ0) is 14.2. The smallest absolute Gasteiger partial charge is 0.0954 e. The highest BCUT2D eigenvalue weighted by molar-refractivity contribution is 5.31. The second-order valence-corrected chi connectivity index (χ2v) is 7.01. The number of nitrogens with zero attached hydrogens (tertiary/aromatic N) is 1. The van der Waals surface area contributed by atoms with Gasteiger partial charge in [-0.2, -0.15) is 0 Å². The van der Waals surface area contributed by atoms with Crippen LogP contribution in [0.2, 0.25) is 0 Å². The zero-order valence-electron chi connectivity index (χ0n) is 12.9. The first-order valence-electron chi connectivity index (χ1n) is 8.45. The van der Waals surface area contributed by atoms with Gasteiger partial charge in [0, 0.05) is 24.7 Å². The molecule has 0 radical (unpaired) electrons. The van der Waals surface area contributed by atoms with E-state index in [0.717, 1.165) is 37.7 Å². The van der Waals surface area contributed by atoms with E-state index in [-0.39, 0.29) is 6.10 Å². The van der Waals surface area contributed by atoms with Gasteiger partial charge in [0.25, 0.3) is 0 Å². The summed E-state index contributed by atoms with van der Waals surface area (Å²) < 4.78 is 6.08. The van der Waals surface area contributed by atoms with Crippen LogP contribution in [0, 0.1) is 0 Å². The summed E-state index contributed by atoms with van der Waals surface area (Å²) in [5.41, 5.74) is 2.89. The maximum Gasteiger partial charge on any atom is 0.0954 e. The molecule has 3 atom stereocenters. The maximum atomic E-state index is 6.08. The average molecular weight is 286 g/mol. The van der Waals surface area contributed by atoms with Gasteiger partial charge in [0.1, 0.15) is 0 Å². The number of fused-ring (bicyclic) bond motifs is 3. The third kappa shape index (κ3) is 2.75. The van der Waals surface area contributed by atoms with Crippen molar-refractivity contribution in [3.05, 3.63) is 35.4 Å². The Morgan fingerprint density at radius 1 is 1.19 bits per heavy atom. The molecule has 2 saturated heterocycles. The van der Waals surface area contributed by atoms with Crippen molar-refractivity contribution in [3.63, 3.8) is 0 Å². The van der Waals surface area contributed by atoms with Crippen molar-refractivity contribution in [3.8, 4) is 0 Å². The van der Waals surface area contributed by atoms with Crippen molar-refractivity contribution in [1.29, 1.82) is 0 Å². The summed E-state index contributed by atoms with van der Waals surface area (Å²) in [7, 11) is 2.29. The molecule has 0 aliphatic carbocycles. The van der Waals surface area contributed by atoms with Crippen LogP contribution in [0.15, 0.2) is 24.3 Å². The summed E-state index contributed by atoms with van der Waals surface area (Å²) in [5, 5.41) is 3.74. The Hall–Kier alpha value is -0.900. The van der Waals surface area contributed by atoms with Gasteiger partial charge in [-0.15, -0.1) is 0 Å². The molecule has 0 spiro atoms. The lowest BCUT2D eigenvalue weighted by molar-refractivity contribution is 0.00776. The van der Waals surface area contributed by atoms with Crippen LogP contribution in [0.1, 0.15) is 42.9 Å². The van der Waals surface area contributed by atoms with Crippen LogP contribution in [0.25, 0.3) is 0 Å². The molecule has 3 aliphatic rings. The molecular weight excluding hydrogens is 260 g/mol. The molecule has 1 N–H and O–H groups in total.